The van der Waals surface area contributed by atoms with Crippen molar-refractivity contribution in [3.63, 3.8) is 0 Å². The van der Waals surface area contributed by atoms with E-state index in [1.807, 2.05) is 34.6 Å². The van der Waals surface area contributed by atoms with Crippen LogP contribution >= 0.6 is 0 Å². The van der Waals surface area contributed by atoms with E-state index >= 15 is 0 Å². The van der Waals surface area contributed by atoms with E-state index < -0.39 is 23.7 Å². The Hall–Kier alpha value is -1.30. The van der Waals surface area contributed by atoms with Gasteiger partial charge in [-0.15, -0.1) is 0 Å². The molecule has 0 aromatic rings. The van der Waals surface area contributed by atoms with Gasteiger partial charge in [0.25, 0.3) is 0 Å². The maximum Gasteiger partial charge on any atom is 0.407 e. The first-order valence-corrected chi connectivity index (χ1v) is 7.88. The van der Waals surface area contributed by atoms with Gasteiger partial charge in [0.1, 0.15) is 11.6 Å². The number of carboxylic acid groups (broad SMARTS) is 1. The third-order valence-corrected chi connectivity index (χ3v) is 2.99. The van der Waals surface area contributed by atoms with E-state index in [4.69, 9.17) is 4.74 Å². The molecule has 3 N–H and O–H groups in total. The Morgan fingerprint density at radius 3 is 2.05 bits per heavy atom. The fraction of sp³-hybridized carbons (Fsp3) is 0.875. The molecule has 0 aliphatic heterocycles. The van der Waals surface area contributed by atoms with Gasteiger partial charge in [-0.1, -0.05) is 27.7 Å². The van der Waals surface area contributed by atoms with Crippen molar-refractivity contribution in [3.8, 4) is 0 Å². The molecule has 22 heavy (non-hydrogen) atoms. The molecule has 0 bridgehead atoms. The van der Waals surface area contributed by atoms with Crippen molar-refractivity contribution in [1.82, 2.24) is 10.6 Å². The number of ether oxygens (including phenoxy) is 1. The Labute approximate surface area is 134 Å². The SMILES string of the molecule is CC(C)CC(CNC(C(=O)O)C(C)C)NC(=O)OC(C)(C)C. The molecule has 0 aliphatic carbocycles. The lowest BCUT2D eigenvalue weighted by molar-refractivity contribution is -0.140. The summed E-state index contributed by atoms with van der Waals surface area (Å²) in [6, 6.07) is -0.800. The summed E-state index contributed by atoms with van der Waals surface area (Å²) in [6.45, 7) is 13.6. The molecule has 1 amide bonds. The van der Waals surface area contributed by atoms with Crippen LogP contribution in [0.5, 0.6) is 0 Å². The zero-order valence-corrected chi connectivity index (χ0v) is 14.9. The van der Waals surface area contributed by atoms with E-state index in [0.29, 0.717) is 12.5 Å². The average molecular weight is 316 g/mol. The molecule has 6 nitrogen and oxygen atoms in total. The van der Waals surface area contributed by atoms with Crippen LogP contribution in [-0.2, 0) is 9.53 Å². The quantitative estimate of drug-likeness (QED) is 0.641. The zero-order chi connectivity index (χ0) is 17.5. The lowest BCUT2D eigenvalue weighted by Crippen LogP contribution is -2.50. The molecule has 130 valence electrons. The molecule has 0 heterocycles. The van der Waals surface area contributed by atoms with Crippen LogP contribution in [0.4, 0.5) is 4.79 Å². The van der Waals surface area contributed by atoms with Crippen LogP contribution in [0.1, 0.15) is 54.9 Å². The summed E-state index contributed by atoms with van der Waals surface area (Å²) in [4.78, 5) is 23.1. The molecule has 2 atom stereocenters. The highest BCUT2D eigenvalue weighted by atomic mass is 16.6. The summed E-state index contributed by atoms with van der Waals surface area (Å²) < 4.78 is 5.26. The minimum atomic E-state index is -0.879. The Balaban J connectivity index is 4.64. The van der Waals surface area contributed by atoms with Gasteiger partial charge in [-0.25, -0.2) is 4.79 Å². The average Bonchev–Trinajstić information content (AvgIpc) is 2.23. The molecule has 2 unspecified atom stereocenters. The highest BCUT2D eigenvalue weighted by Gasteiger charge is 2.24. The predicted molar refractivity (Wildman–Crippen MR) is 86.9 cm³/mol. The Bertz CT molecular complexity index is 362. The van der Waals surface area contributed by atoms with Crippen molar-refractivity contribution in [2.75, 3.05) is 6.54 Å². The Morgan fingerprint density at radius 2 is 1.68 bits per heavy atom. The number of alkyl carbamates (subject to hydrolysis) is 1. The normalized spacial score (nSPS) is 14.8. The molecule has 0 rings (SSSR count). The number of amides is 1. The summed E-state index contributed by atoms with van der Waals surface area (Å²) >= 11 is 0. The van der Waals surface area contributed by atoms with Crippen LogP contribution in [-0.4, -0.2) is 41.4 Å². The number of carbonyl (C=O) groups excluding carboxylic acids is 1. The molecule has 0 spiro atoms. The van der Waals surface area contributed by atoms with E-state index in [1.54, 1.807) is 0 Å². The number of carboxylic acids is 1. The van der Waals surface area contributed by atoms with Gasteiger partial charge >= 0.3 is 12.1 Å². The van der Waals surface area contributed by atoms with Crippen molar-refractivity contribution >= 4 is 12.1 Å². The molecule has 0 radical (unpaired) electrons. The maximum atomic E-state index is 11.9. The third-order valence-electron chi connectivity index (χ3n) is 2.99. The van der Waals surface area contributed by atoms with Gasteiger partial charge in [0.15, 0.2) is 0 Å². The number of nitrogens with one attached hydrogen (secondary N) is 2. The summed E-state index contributed by atoms with van der Waals surface area (Å²) in [7, 11) is 0. The van der Waals surface area contributed by atoms with Gasteiger partial charge in [-0.3, -0.25) is 4.79 Å². The van der Waals surface area contributed by atoms with E-state index in [0.717, 1.165) is 6.42 Å². The molecular weight excluding hydrogens is 284 g/mol. The number of hydrogen-bond acceptors (Lipinski definition) is 4. The minimum Gasteiger partial charge on any atom is -0.480 e. The predicted octanol–water partition coefficient (Wildman–Crippen LogP) is 2.62. The minimum absolute atomic E-state index is 0.0290. The van der Waals surface area contributed by atoms with Gasteiger partial charge in [-0.05, 0) is 39.0 Å². The smallest absolute Gasteiger partial charge is 0.407 e. The second kappa shape index (κ2) is 8.98. The van der Waals surface area contributed by atoms with Crippen molar-refractivity contribution in [3.05, 3.63) is 0 Å². The fourth-order valence-electron chi connectivity index (χ4n) is 2.11. The van der Waals surface area contributed by atoms with Crippen LogP contribution in [0.25, 0.3) is 0 Å². The zero-order valence-electron chi connectivity index (χ0n) is 14.9. The second-order valence-electron chi connectivity index (χ2n) is 7.44. The van der Waals surface area contributed by atoms with Gasteiger partial charge in [0, 0.05) is 12.6 Å². The monoisotopic (exact) mass is 316 g/mol. The van der Waals surface area contributed by atoms with Gasteiger partial charge in [-0.2, -0.15) is 0 Å². The topological polar surface area (TPSA) is 87.7 Å². The Morgan fingerprint density at radius 1 is 1.14 bits per heavy atom. The van der Waals surface area contributed by atoms with E-state index in [9.17, 15) is 14.7 Å². The first kappa shape index (κ1) is 20.7. The number of hydrogen-bond donors (Lipinski definition) is 3. The lowest BCUT2D eigenvalue weighted by atomic mass is 10.0. The van der Waals surface area contributed by atoms with Crippen LogP contribution in [0.15, 0.2) is 0 Å². The van der Waals surface area contributed by atoms with Gasteiger partial charge < -0.3 is 20.5 Å². The second-order valence-corrected chi connectivity index (χ2v) is 7.44. The Kier molecular flexibility index (Phi) is 8.45. The molecule has 0 saturated carbocycles. The molecule has 0 fully saturated rings. The highest BCUT2D eigenvalue weighted by molar-refractivity contribution is 5.73. The van der Waals surface area contributed by atoms with Crippen molar-refractivity contribution < 1.29 is 19.4 Å². The van der Waals surface area contributed by atoms with Gasteiger partial charge in [0.05, 0.1) is 0 Å². The van der Waals surface area contributed by atoms with Crippen LogP contribution in [0.3, 0.4) is 0 Å². The van der Waals surface area contributed by atoms with Crippen molar-refractivity contribution in [2.45, 2.75) is 72.6 Å². The van der Waals surface area contributed by atoms with E-state index in [-0.39, 0.29) is 12.0 Å². The van der Waals surface area contributed by atoms with Crippen LogP contribution < -0.4 is 10.6 Å². The van der Waals surface area contributed by atoms with Crippen LogP contribution in [0.2, 0.25) is 0 Å². The number of rotatable bonds is 8. The molecule has 0 saturated heterocycles. The molecule has 0 aromatic heterocycles. The highest BCUT2D eigenvalue weighted by Crippen LogP contribution is 2.10. The fourth-order valence-corrected chi connectivity index (χ4v) is 2.11. The molecule has 0 aliphatic rings. The van der Waals surface area contributed by atoms with Crippen LogP contribution in [0, 0.1) is 11.8 Å². The maximum absolute atomic E-state index is 11.9. The van der Waals surface area contributed by atoms with Crippen molar-refractivity contribution in [1.29, 1.82) is 0 Å². The summed E-state index contributed by atoms with van der Waals surface area (Å²) in [5.41, 5.74) is -0.554. The van der Waals surface area contributed by atoms with E-state index in [2.05, 4.69) is 24.5 Å². The first-order chi connectivity index (χ1) is 9.92. The summed E-state index contributed by atoms with van der Waals surface area (Å²) in [5.74, 6) is -0.529. The standard InChI is InChI=1S/C16H32N2O4/c1-10(2)8-12(18-15(21)22-16(5,6)7)9-17-13(11(3)4)14(19)20/h10-13,17H,8-9H2,1-7H3,(H,18,21)(H,19,20). The summed E-state index contributed by atoms with van der Waals surface area (Å²) in [5, 5.41) is 15.0. The number of carbonyl (C=O) groups is 2. The third kappa shape index (κ3) is 9.60. The summed E-state index contributed by atoms with van der Waals surface area (Å²) in [6.07, 6.45) is 0.271. The molecular formula is C16H32N2O4. The van der Waals surface area contributed by atoms with Crippen molar-refractivity contribution in [2.24, 2.45) is 11.8 Å². The van der Waals surface area contributed by atoms with Gasteiger partial charge in [0.2, 0.25) is 0 Å². The number of aliphatic carboxylic acids is 1. The lowest BCUT2D eigenvalue weighted by Gasteiger charge is -2.26. The molecule has 6 heteroatoms. The largest absolute Gasteiger partial charge is 0.480 e. The molecule has 0 aromatic carbocycles. The van der Waals surface area contributed by atoms with E-state index in [1.165, 1.54) is 0 Å². The first-order valence-electron chi connectivity index (χ1n) is 7.88.